The molecule has 2 atom stereocenters. The van der Waals surface area contributed by atoms with Crippen LogP contribution in [0.15, 0.2) is 24.5 Å². The lowest BCUT2D eigenvalue weighted by Crippen LogP contribution is -2.43. The zero-order chi connectivity index (χ0) is 18.1. The summed E-state index contributed by atoms with van der Waals surface area (Å²) in [6.45, 7) is 2.33. The molecule has 1 fully saturated rings. The summed E-state index contributed by atoms with van der Waals surface area (Å²) in [5.41, 5.74) is 1.93. The van der Waals surface area contributed by atoms with Crippen LogP contribution in [0.4, 0.5) is 11.8 Å². The molecule has 26 heavy (non-hydrogen) atoms. The van der Waals surface area contributed by atoms with E-state index in [9.17, 15) is 4.79 Å². The Morgan fingerprint density at radius 1 is 1.35 bits per heavy atom. The van der Waals surface area contributed by atoms with Gasteiger partial charge in [-0.3, -0.25) is 4.79 Å². The first kappa shape index (κ1) is 16.8. The van der Waals surface area contributed by atoms with Crippen molar-refractivity contribution in [3.63, 3.8) is 0 Å². The summed E-state index contributed by atoms with van der Waals surface area (Å²) in [7, 11) is 3.47. The zero-order valence-corrected chi connectivity index (χ0v) is 15.1. The molecule has 2 aliphatic rings. The molecule has 0 radical (unpaired) electrons. The van der Waals surface area contributed by atoms with Crippen LogP contribution in [0.1, 0.15) is 22.5 Å². The first-order valence-corrected chi connectivity index (χ1v) is 8.97. The number of methoxy groups -OCH3 is 1. The molecule has 0 aliphatic carbocycles. The molecule has 4 rings (SSSR count). The number of ether oxygens (including phenoxy) is 1. The Hall–Kier alpha value is -2.61. The van der Waals surface area contributed by atoms with Gasteiger partial charge in [-0.2, -0.15) is 4.98 Å². The number of nitrogens with zero attached hydrogens (tertiary/aromatic N) is 4. The number of nitrogens with one attached hydrogen (secondary N) is 2. The third-order valence-electron chi connectivity index (χ3n) is 5.21. The van der Waals surface area contributed by atoms with Crippen molar-refractivity contribution < 1.29 is 9.53 Å². The number of hydrogen-bond acceptors (Lipinski definition) is 6. The molecular formula is C18H24N6O2. The molecule has 0 unspecified atom stereocenters. The minimum Gasteiger partial charge on any atom is -0.377 e. The molecule has 8 nitrogen and oxygen atoms in total. The van der Waals surface area contributed by atoms with Gasteiger partial charge in [0.05, 0.1) is 17.7 Å². The summed E-state index contributed by atoms with van der Waals surface area (Å²) in [4.78, 5) is 23.5. The largest absolute Gasteiger partial charge is 0.377 e. The summed E-state index contributed by atoms with van der Waals surface area (Å²) in [5, 5.41) is 6.11. The normalized spacial score (nSPS) is 21.7. The van der Waals surface area contributed by atoms with E-state index in [1.54, 1.807) is 20.4 Å². The second-order valence-corrected chi connectivity index (χ2v) is 6.72. The lowest BCUT2D eigenvalue weighted by Gasteiger charge is -2.18. The maximum Gasteiger partial charge on any atom is 0.253 e. The molecule has 0 saturated carbocycles. The number of anilines is 2. The highest BCUT2D eigenvalue weighted by Crippen LogP contribution is 2.23. The lowest BCUT2D eigenvalue weighted by atomic mass is 10.1. The SMILES string of the molecule is CNc1nccc(N2C[C@H](OC)[C@H](NC(=O)c3ccn4c3CCC4)C2)n1. The summed E-state index contributed by atoms with van der Waals surface area (Å²) in [6.07, 6.45) is 5.73. The van der Waals surface area contributed by atoms with Crippen molar-refractivity contribution in [2.24, 2.45) is 0 Å². The number of hydrogen-bond donors (Lipinski definition) is 2. The molecule has 0 spiro atoms. The standard InChI is InChI=1S/C18H24N6O2/c1-19-18-20-7-5-16(22-18)24-10-13(15(11-24)26-2)21-17(25)12-6-9-23-8-3-4-14(12)23/h5-7,9,13,15H,3-4,8,10-11H2,1-2H3,(H,21,25)(H,19,20,22)/t13-,15+/m1/s1. The Kier molecular flexibility index (Phi) is 4.50. The first-order valence-electron chi connectivity index (χ1n) is 8.97. The van der Waals surface area contributed by atoms with Gasteiger partial charge < -0.3 is 24.8 Å². The van der Waals surface area contributed by atoms with E-state index in [0.717, 1.165) is 36.5 Å². The Morgan fingerprint density at radius 2 is 2.23 bits per heavy atom. The van der Waals surface area contributed by atoms with E-state index in [1.165, 1.54) is 0 Å². The number of amides is 1. The highest BCUT2D eigenvalue weighted by Gasteiger charge is 2.35. The van der Waals surface area contributed by atoms with Crippen molar-refractivity contribution >= 4 is 17.7 Å². The fourth-order valence-electron chi connectivity index (χ4n) is 3.85. The van der Waals surface area contributed by atoms with Gasteiger partial charge in [-0.25, -0.2) is 4.98 Å². The maximum atomic E-state index is 12.8. The quantitative estimate of drug-likeness (QED) is 0.828. The lowest BCUT2D eigenvalue weighted by molar-refractivity contribution is 0.0781. The van der Waals surface area contributed by atoms with Crippen LogP contribution < -0.4 is 15.5 Å². The molecule has 2 aliphatic heterocycles. The number of carbonyl (C=O) groups excluding carboxylic acids is 1. The second kappa shape index (κ2) is 6.95. The molecule has 2 aromatic rings. The third-order valence-corrected chi connectivity index (χ3v) is 5.21. The van der Waals surface area contributed by atoms with Crippen molar-refractivity contribution in [2.75, 3.05) is 37.5 Å². The number of aromatic nitrogens is 3. The predicted molar refractivity (Wildman–Crippen MR) is 98.6 cm³/mol. The second-order valence-electron chi connectivity index (χ2n) is 6.72. The van der Waals surface area contributed by atoms with Crippen molar-refractivity contribution in [2.45, 2.75) is 31.5 Å². The number of aryl methyl sites for hydroxylation is 1. The van der Waals surface area contributed by atoms with Crippen molar-refractivity contribution in [3.05, 3.63) is 35.8 Å². The van der Waals surface area contributed by atoms with Crippen molar-refractivity contribution in [3.8, 4) is 0 Å². The molecule has 8 heteroatoms. The van der Waals surface area contributed by atoms with E-state index in [-0.39, 0.29) is 18.1 Å². The third kappa shape index (κ3) is 3.01. The van der Waals surface area contributed by atoms with Gasteiger partial charge in [0.1, 0.15) is 5.82 Å². The van der Waals surface area contributed by atoms with E-state index in [4.69, 9.17) is 4.74 Å². The molecule has 2 aromatic heterocycles. The summed E-state index contributed by atoms with van der Waals surface area (Å²) in [5.74, 6) is 1.38. The molecule has 0 bridgehead atoms. The molecule has 1 amide bonds. The van der Waals surface area contributed by atoms with E-state index in [2.05, 4.69) is 30.1 Å². The molecule has 4 heterocycles. The summed E-state index contributed by atoms with van der Waals surface area (Å²) in [6, 6.07) is 3.71. The van der Waals surface area contributed by atoms with Crippen LogP contribution in [0.25, 0.3) is 0 Å². The van der Waals surface area contributed by atoms with E-state index < -0.39 is 0 Å². The van der Waals surface area contributed by atoms with Crippen LogP contribution >= 0.6 is 0 Å². The van der Waals surface area contributed by atoms with Crippen LogP contribution in [-0.4, -0.2) is 59.8 Å². The van der Waals surface area contributed by atoms with Gasteiger partial charge >= 0.3 is 0 Å². The van der Waals surface area contributed by atoms with E-state index in [0.29, 0.717) is 19.0 Å². The van der Waals surface area contributed by atoms with Gasteiger partial charge in [-0.1, -0.05) is 0 Å². The van der Waals surface area contributed by atoms with E-state index >= 15 is 0 Å². The zero-order valence-electron chi connectivity index (χ0n) is 15.1. The molecular weight excluding hydrogens is 332 g/mol. The van der Waals surface area contributed by atoms with Gasteiger partial charge in [0, 0.05) is 51.9 Å². The van der Waals surface area contributed by atoms with Crippen LogP contribution in [0.5, 0.6) is 0 Å². The van der Waals surface area contributed by atoms with Gasteiger partial charge in [0.15, 0.2) is 0 Å². The van der Waals surface area contributed by atoms with Gasteiger partial charge in [-0.05, 0) is 25.0 Å². The van der Waals surface area contributed by atoms with E-state index in [1.807, 2.05) is 18.3 Å². The van der Waals surface area contributed by atoms with Crippen molar-refractivity contribution in [1.29, 1.82) is 0 Å². The smallest absolute Gasteiger partial charge is 0.253 e. The molecule has 2 N–H and O–H groups in total. The number of fused-ring (bicyclic) bond motifs is 1. The summed E-state index contributed by atoms with van der Waals surface area (Å²) >= 11 is 0. The van der Waals surface area contributed by atoms with Gasteiger partial charge in [0.2, 0.25) is 5.95 Å². The Labute approximate surface area is 152 Å². The van der Waals surface area contributed by atoms with Crippen LogP contribution in [0.2, 0.25) is 0 Å². The fraction of sp³-hybridized carbons (Fsp3) is 0.500. The Morgan fingerprint density at radius 3 is 3.04 bits per heavy atom. The predicted octanol–water partition coefficient (Wildman–Crippen LogP) is 0.900. The highest BCUT2D eigenvalue weighted by atomic mass is 16.5. The fourth-order valence-corrected chi connectivity index (χ4v) is 3.85. The minimum absolute atomic E-state index is 0.0202. The highest BCUT2D eigenvalue weighted by molar-refractivity contribution is 5.96. The maximum absolute atomic E-state index is 12.8. The molecule has 1 saturated heterocycles. The van der Waals surface area contributed by atoms with Gasteiger partial charge in [-0.15, -0.1) is 0 Å². The Balaban J connectivity index is 1.48. The molecule has 0 aromatic carbocycles. The van der Waals surface area contributed by atoms with Crippen LogP contribution in [0.3, 0.4) is 0 Å². The summed E-state index contributed by atoms with van der Waals surface area (Å²) < 4.78 is 7.79. The van der Waals surface area contributed by atoms with Crippen LogP contribution in [0, 0.1) is 0 Å². The number of rotatable bonds is 5. The monoisotopic (exact) mass is 356 g/mol. The first-order chi connectivity index (χ1) is 12.7. The minimum atomic E-state index is -0.0857. The Bertz CT molecular complexity index is 805. The average Bonchev–Trinajstić information content (AvgIpc) is 3.36. The van der Waals surface area contributed by atoms with Crippen LogP contribution in [-0.2, 0) is 17.7 Å². The topological polar surface area (TPSA) is 84.3 Å². The molecule has 138 valence electrons. The van der Waals surface area contributed by atoms with Gasteiger partial charge in [0.25, 0.3) is 5.91 Å². The van der Waals surface area contributed by atoms with Crippen molar-refractivity contribution in [1.82, 2.24) is 19.9 Å². The average molecular weight is 356 g/mol. The number of carbonyl (C=O) groups is 1.